The van der Waals surface area contributed by atoms with Gasteiger partial charge in [0.25, 0.3) is 0 Å². The van der Waals surface area contributed by atoms with Gasteiger partial charge in [-0.2, -0.15) is 0 Å². The Labute approximate surface area is 148 Å². The number of oxime groups is 2. The number of rotatable bonds is 2. The smallest absolute Gasteiger partial charge is 0.116 e. The molecular weight excluding hydrogens is 316 g/mol. The molecule has 1 N–H and O–H groups in total. The molecule has 4 rings (SSSR count). The van der Waals surface area contributed by atoms with E-state index in [2.05, 4.69) is 23.3 Å². The van der Waals surface area contributed by atoms with Gasteiger partial charge in [0.15, 0.2) is 0 Å². The standard InChI is InChI=1S/C20H26N2O3/c1-20-9-8-14-13-5-4-12(23)10-16(13)18(21-24-2)11-15(14)17(20)6-7-19(20)22-25-3/h4-5,10,14-15,17,23H,6-9,11H2,1-3H3/b21-18+,22-19-/t14-,15-,17+,20+/m1/s1. The van der Waals surface area contributed by atoms with Crippen LogP contribution in [-0.4, -0.2) is 30.7 Å². The Morgan fingerprint density at radius 2 is 1.96 bits per heavy atom. The minimum absolute atomic E-state index is 0.129. The lowest BCUT2D eigenvalue weighted by Crippen LogP contribution is -2.43. The Kier molecular flexibility index (Phi) is 3.97. The number of aromatic hydroxyl groups is 1. The third-order valence-electron chi connectivity index (χ3n) is 6.76. The molecule has 0 unspecified atom stereocenters. The summed E-state index contributed by atoms with van der Waals surface area (Å²) in [7, 11) is 3.23. The molecule has 0 bridgehead atoms. The van der Waals surface area contributed by atoms with E-state index in [1.54, 1.807) is 20.3 Å². The van der Waals surface area contributed by atoms with Crippen LogP contribution in [0.4, 0.5) is 0 Å². The number of phenolic OH excluding ortho intramolecular Hbond substituents is 1. The van der Waals surface area contributed by atoms with Gasteiger partial charge in [-0.1, -0.05) is 23.3 Å². The van der Waals surface area contributed by atoms with Gasteiger partial charge in [-0.05, 0) is 67.6 Å². The van der Waals surface area contributed by atoms with Crippen molar-refractivity contribution in [1.29, 1.82) is 0 Å². The zero-order chi connectivity index (χ0) is 17.6. The molecule has 4 atom stereocenters. The highest BCUT2D eigenvalue weighted by Crippen LogP contribution is 2.60. The van der Waals surface area contributed by atoms with Crippen LogP contribution in [0.25, 0.3) is 0 Å². The summed E-state index contributed by atoms with van der Waals surface area (Å²) in [6.07, 6.45) is 5.36. The number of phenols is 1. The maximum Gasteiger partial charge on any atom is 0.116 e. The minimum atomic E-state index is 0.129. The van der Waals surface area contributed by atoms with Crippen molar-refractivity contribution in [1.82, 2.24) is 0 Å². The highest BCUT2D eigenvalue weighted by atomic mass is 16.6. The Balaban J connectivity index is 1.77. The molecule has 0 saturated heterocycles. The maximum absolute atomic E-state index is 9.93. The van der Waals surface area contributed by atoms with Crippen LogP contribution in [0, 0.1) is 17.3 Å². The van der Waals surface area contributed by atoms with Crippen molar-refractivity contribution in [3.63, 3.8) is 0 Å². The van der Waals surface area contributed by atoms with Crippen molar-refractivity contribution in [3.05, 3.63) is 29.3 Å². The van der Waals surface area contributed by atoms with E-state index < -0.39 is 0 Å². The quantitative estimate of drug-likeness (QED) is 0.825. The molecule has 3 aliphatic carbocycles. The molecule has 0 radical (unpaired) electrons. The van der Waals surface area contributed by atoms with Gasteiger partial charge in [-0.15, -0.1) is 0 Å². The van der Waals surface area contributed by atoms with Gasteiger partial charge in [0.2, 0.25) is 0 Å². The molecule has 0 amide bonds. The normalized spacial score (nSPS) is 36.7. The summed E-state index contributed by atoms with van der Waals surface area (Å²) in [5.41, 5.74) is 4.67. The van der Waals surface area contributed by atoms with Crippen molar-refractivity contribution in [2.75, 3.05) is 14.2 Å². The molecule has 3 aliphatic rings. The lowest BCUT2D eigenvalue weighted by Gasteiger charge is -2.48. The van der Waals surface area contributed by atoms with E-state index in [1.165, 1.54) is 11.3 Å². The number of benzene rings is 1. The Morgan fingerprint density at radius 3 is 2.72 bits per heavy atom. The average Bonchev–Trinajstić information content (AvgIpc) is 2.93. The lowest BCUT2D eigenvalue weighted by molar-refractivity contribution is 0.105. The Bertz CT molecular complexity index is 742. The highest BCUT2D eigenvalue weighted by molar-refractivity contribution is 6.03. The van der Waals surface area contributed by atoms with E-state index in [0.29, 0.717) is 17.8 Å². The summed E-state index contributed by atoms with van der Waals surface area (Å²) in [6, 6.07) is 5.71. The third-order valence-corrected chi connectivity index (χ3v) is 6.76. The van der Waals surface area contributed by atoms with Crippen LogP contribution in [0.1, 0.15) is 56.1 Å². The number of nitrogens with zero attached hydrogens (tertiary/aromatic N) is 2. The van der Waals surface area contributed by atoms with Gasteiger partial charge in [0.05, 0.1) is 11.4 Å². The van der Waals surface area contributed by atoms with Crippen LogP contribution in [0.15, 0.2) is 28.5 Å². The molecular formula is C20H26N2O3. The first-order valence-electron chi connectivity index (χ1n) is 9.12. The molecule has 25 heavy (non-hydrogen) atoms. The van der Waals surface area contributed by atoms with E-state index >= 15 is 0 Å². The van der Waals surface area contributed by atoms with Crippen molar-refractivity contribution in [3.8, 4) is 5.75 Å². The first-order valence-corrected chi connectivity index (χ1v) is 9.12. The zero-order valence-corrected chi connectivity index (χ0v) is 15.2. The molecule has 2 fully saturated rings. The molecule has 1 aromatic rings. The number of hydrogen-bond acceptors (Lipinski definition) is 5. The third kappa shape index (κ3) is 2.43. The highest BCUT2D eigenvalue weighted by Gasteiger charge is 2.54. The van der Waals surface area contributed by atoms with Crippen molar-refractivity contribution in [2.24, 2.45) is 27.6 Å². The summed E-state index contributed by atoms with van der Waals surface area (Å²) < 4.78 is 0. The van der Waals surface area contributed by atoms with E-state index in [9.17, 15) is 5.11 Å². The SMILES string of the molecule is CO/N=C1/CC[C@H]2[C@@H]3C/C(=N\OC)c4cc(O)ccc4[C@H]3CC[C@]12C. The summed E-state index contributed by atoms with van der Waals surface area (Å²) in [5, 5.41) is 18.6. The van der Waals surface area contributed by atoms with E-state index in [4.69, 9.17) is 9.68 Å². The zero-order valence-electron chi connectivity index (χ0n) is 15.2. The van der Waals surface area contributed by atoms with Gasteiger partial charge in [0.1, 0.15) is 20.0 Å². The fourth-order valence-corrected chi connectivity index (χ4v) is 5.65. The Morgan fingerprint density at radius 1 is 1.16 bits per heavy atom. The monoisotopic (exact) mass is 342 g/mol. The molecule has 0 aliphatic heterocycles. The van der Waals surface area contributed by atoms with E-state index in [1.807, 2.05) is 6.07 Å². The molecule has 134 valence electrons. The molecule has 5 nitrogen and oxygen atoms in total. The molecule has 0 spiro atoms. The van der Waals surface area contributed by atoms with Crippen molar-refractivity contribution < 1.29 is 14.8 Å². The second-order valence-electron chi connectivity index (χ2n) is 7.79. The maximum atomic E-state index is 9.93. The fourth-order valence-electron chi connectivity index (χ4n) is 5.65. The van der Waals surface area contributed by atoms with Crippen molar-refractivity contribution in [2.45, 2.75) is 44.9 Å². The van der Waals surface area contributed by atoms with Gasteiger partial charge >= 0.3 is 0 Å². The van der Waals surface area contributed by atoms with Crippen LogP contribution in [0.5, 0.6) is 5.75 Å². The minimum Gasteiger partial charge on any atom is -0.508 e. The predicted molar refractivity (Wildman–Crippen MR) is 97.0 cm³/mol. The van der Waals surface area contributed by atoms with Gasteiger partial charge in [-0.3, -0.25) is 0 Å². The van der Waals surface area contributed by atoms with Crippen LogP contribution >= 0.6 is 0 Å². The fraction of sp³-hybridized carbons (Fsp3) is 0.600. The molecule has 1 aromatic carbocycles. The summed E-state index contributed by atoms with van der Waals surface area (Å²) in [5.74, 6) is 1.93. The van der Waals surface area contributed by atoms with Crippen LogP contribution in [-0.2, 0) is 9.68 Å². The molecule has 0 aromatic heterocycles. The second kappa shape index (κ2) is 6.04. The molecule has 5 heteroatoms. The predicted octanol–water partition coefficient (Wildman–Crippen LogP) is 4.06. The molecule has 0 heterocycles. The Hall–Kier alpha value is -2.04. The lowest BCUT2D eigenvalue weighted by atomic mass is 9.55. The second-order valence-corrected chi connectivity index (χ2v) is 7.79. The number of fused-ring (bicyclic) bond motifs is 5. The molecule has 2 saturated carbocycles. The summed E-state index contributed by atoms with van der Waals surface area (Å²) >= 11 is 0. The first-order chi connectivity index (χ1) is 12.1. The first kappa shape index (κ1) is 16.4. The summed E-state index contributed by atoms with van der Waals surface area (Å²) in [4.78, 5) is 10.2. The van der Waals surface area contributed by atoms with Crippen LogP contribution in [0.3, 0.4) is 0 Å². The topological polar surface area (TPSA) is 63.4 Å². The van der Waals surface area contributed by atoms with Crippen LogP contribution in [0.2, 0.25) is 0 Å². The van der Waals surface area contributed by atoms with E-state index in [0.717, 1.165) is 43.4 Å². The summed E-state index contributed by atoms with van der Waals surface area (Å²) in [6.45, 7) is 2.36. The van der Waals surface area contributed by atoms with Gasteiger partial charge < -0.3 is 14.8 Å². The largest absolute Gasteiger partial charge is 0.508 e. The average molecular weight is 342 g/mol. The number of hydrogen-bond donors (Lipinski definition) is 1. The van der Waals surface area contributed by atoms with Crippen molar-refractivity contribution >= 4 is 11.4 Å². The van der Waals surface area contributed by atoms with Gasteiger partial charge in [-0.25, -0.2) is 0 Å². The van der Waals surface area contributed by atoms with E-state index in [-0.39, 0.29) is 11.2 Å². The van der Waals surface area contributed by atoms with Crippen LogP contribution < -0.4 is 0 Å². The van der Waals surface area contributed by atoms with Gasteiger partial charge in [0, 0.05) is 11.0 Å².